The molecule has 7 nitrogen and oxygen atoms in total. The molecule has 1 aromatic carbocycles. The molecule has 24 heavy (non-hydrogen) atoms. The Labute approximate surface area is 147 Å². The van der Waals surface area contributed by atoms with Gasteiger partial charge in [0.25, 0.3) is 5.91 Å². The van der Waals surface area contributed by atoms with Crippen LogP contribution in [0.25, 0.3) is 0 Å². The van der Waals surface area contributed by atoms with E-state index in [1.165, 1.54) is 38.2 Å². The van der Waals surface area contributed by atoms with Crippen LogP contribution in [0.5, 0.6) is 5.75 Å². The molecule has 0 aliphatic carbocycles. The summed E-state index contributed by atoms with van der Waals surface area (Å²) in [4.78, 5) is 27.4. The molecule has 128 valence electrons. The van der Waals surface area contributed by atoms with Crippen molar-refractivity contribution in [1.82, 2.24) is 4.98 Å². The van der Waals surface area contributed by atoms with Crippen molar-refractivity contribution >= 4 is 49.8 Å². The zero-order valence-electron chi connectivity index (χ0n) is 12.7. The van der Waals surface area contributed by atoms with Gasteiger partial charge in [0, 0.05) is 6.92 Å². The van der Waals surface area contributed by atoms with Crippen LogP contribution in [0, 0.1) is 0 Å². The first kappa shape index (κ1) is 18.4. The van der Waals surface area contributed by atoms with Crippen molar-refractivity contribution < 1.29 is 22.7 Å². The summed E-state index contributed by atoms with van der Waals surface area (Å²) < 4.78 is 28.6. The molecule has 0 unspecified atom stereocenters. The van der Waals surface area contributed by atoms with Crippen molar-refractivity contribution in [1.29, 1.82) is 0 Å². The number of anilines is 1. The van der Waals surface area contributed by atoms with E-state index in [9.17, 15) is 18.0 Å². The number of thiazole rings is 1. The molecule has 1 heterocycles. The maximum atomic E-state index is 12.4. The van der Waals surface area contributed by atoms with Gasteiger partial charge in [-0.2, -0.15) is 0 Å². The zero-order valence-corrected chi connectivity index (χ0v) is 15.1. The van der Waals surface area contributed by atoms with E-state index >= 15 is 0 Å². The molecule has 0 aliphatic heterocycles. The fourth-order valence-corrected chi connectivity index (χ4v) is 4.06. The van der Waals surface area contributed by atoms with E-state index in [0.717, 1.165) is 11.3 Å². The number of sulfone groups is 1. The summed E-state index contributed by atoms with van der Waals surface area (Å²) >= 11 is 6.79. The lowest BCUT2D eigenvalue weighted by Crippen LogP contribution is -2.15. The maximum Gasteiger partial charge on any atom is 0.308 e. The Morgan fingerprint density at radius 3 is 2.71 bits per heavy atom. The second kappa shape index (κ2) is 7.29. The van der Waals surface area contributed by atoms with E-state index in [1.807, 2.05) is 0 Å². The van der Waals surface area contributed by atoms with Gasteiger partial charge in [-0.3, -0.25) is 14.9 Å². The number of hydrogen-bond donors (Lipinski definition) is 1. The Hall–Kier alpha value is -1.97. The van der Waals surface area contributed by atoms with Crippen molar-refractivity contribution in [3.8, 4) is 5.75 Å². The molecule has 1 N–H and O–H groups in total. The molecule has 10 heteroatoms. The molecule has 1 amide bonds. The quantitative estimate of drug-likeness (QED) is 0.624. The molecule has 0 saturated heterocycles. The molecule has 0 radical (unpaired) electrons. The van der Waals surface area contributed by atoms with Crippen LogP contribution in [0.1, 0.15) is 24.2 Å². The van der Waals surface area contributed by atoms with E-state index in [-0.39, 0.29) is 31.4 Å². The molecule has 2 aromatic rings. The third-order valence-corrected chi connectivity index (χ3v) is 6.34. The van der Waals surface area contributed by atoms with Crippen molar-refractivity contribution in [3.05, 3.63) is 35.0 Å². The first-order valence-corrected chi connectivity index (χ1v) is 9.56. The average molecular weight is 389 g/mol. The van der Waals surface area contributed by atoms with E-state index in [1.54, 1.807) is 0 Å². The van der Waals surface area contributed by atoms with Gasteiger partial charge in [0.05, 0.1) is 22.5 Å². The fourth-order valence-electron chi connectivity index (χ4n) is 1.70. The van der Waals surface area contributed by atoms with Crippen molar-refractivity contribution in [2.75, 3.05) is 11.1 Å². The van der Waals surface area contributed by atoms with Gasteiger partial charge in [0.1, 0.15) is 4.21 Å². The largest absolute Gasteiger partial charge is 0.424 e. The first-order valence-electron chi connectivity index (χ1n) is 6.71. The van der Waals surface area contributed by atoms with Crippen LogP contribution in [0.2, 0.25) is 5.02 Å². The molecule has 0 aliphatic rings. The topological polar surface area (TPSA) is 102 Å². The Bertz CT molecular complexity index is 892. The second-order valence-corrected chi connectivity index (χ2v) is 8.50. The minimum absolute atomic E-state index is 0.0350. The number of carbonyl (C=O) groups is 2. The summed E-state index contributed by atoms with van der Waals surface area (Å²) in [5.74, 6) is -1.37. The predicted molar refractivity (Wildman–Crippen MR) is 90.6 cm³/mol. The number of nitrogens with zero attached hydrogens (tertiary/aromatic N) is 1. The summed E-state index contributed by atoms with van der Waals surface area (Å²) in [7, 11) is -3.39. The Kier molecular flexibility index (Phi) is 5.58. The Balaban J connectivity index is 2.28. The van der Waals surface area contributed by atoms with Crippen molar-refractivity contribution in [3.63, 3.8) is 0 Å². The number of nitrogens with one attached hydrogen (secondary N) is 1. The fraction of sp³-hybridized carbons (Fsp3) is 0.214. The summed E-state index contributed by atoms with van der Waals surface area (Å²) in [5.41, 5.74) is 0.0350. The van der Waals surface area contributed by atoms with Gasteiger partial charge in [0.15, 0.2) is 20.7 Å². The van der Waals surface area contributed by atoms with Gasteiger partial charge in [-0.15, -0.1) is 0 Å². The second-order valence-electron chi connectivity index (χ2n) is 4.55. The standard InChI is InChI=1S/C14H13ClN2O5S2/c1-3-24(20,21)11-7-16-14(23-11)17-13(19)9-5-4-6-10(15)12(9)22-8(2)18/h4-7H,3H2,1-2H3,(H,16,17,19). The van der Waals surface area contributed by atoms with Crippen LogP contribution >= 0.6 is 22.9 Å². The number of esters is 1. The molecule has 0 atom stereocenters. The van der Waals surface area contributed by atoms with E-state index in [2.05, 4.69) is 10.3 Å². The predicted octanol–water partition coefficient (Wildman–Crippen LogP) is 2.77. The highest BCUT2D eigenvalue weighted by Crippen LogP contribution is 2.30. The van der Waals surface area contributed by atoms with E-state index in [0.29, 0.717) is 0 Å². The van der Waals surface area contributed by atoms with Crippen LogP contribution in [-0.4, -0.2) is 31.0 Å². The highest BCUT2D eigenvalue weighted by Gasteiger charge is 2.20. The zero-order chi connectivity index (χ0) is 17.9. The molecule has 0 spiro atoms. The highest BCUT2D eigenvalue weighted by molar-refractivity contribution is 7.93. The van der Waals surface area contributed by atoms with Gasteiger partial charge in [-0.25, -0.2) is 13.4 Å². The normalized spacial score (nSPS) is 11.1. The van der Waals surface area contributed by atoms with Gasteiger partial charge in [0.2, 0.25) is 0 Å². The lowest BCUT2D eigenvalue weighted by molar-refractivity contribution is -0.131. The molecule has 0 saturated carbocycles. The third kappa shape index (κ3) is 4.11. The molecule has 2 rings (SSSR count). The molecule has 0 bridgehead atoms. The SMILES string of the molecule is CCS(=O)(=O)c1cnc(NC(=O)c2cccc(Cl)c2OC(C)=O)s1. The van der Waals surface area contributed by atoms with Crippen LogP contribution in [0.4, 0.5) is 5.13 Å². The number of rotatable bonds is 5. The average Bonchev–Trinajstić information content (AvgIpc) is 2.98. The van der Waals surface area contributed by atoms with Crippen LogP contribution in [-0.2, 0) is 14.6 Å². The first-order chi connectivity index (χ1) is 11.2. The van der Waals surface area contributed by atoms with Crippen molar-refractivity contribution in [2.24, 2.45) is 0 Å². The lowest BCUT2D eigenvalue weighted by atomic mass is 10.2. The number of carbonyl (C=O) groups excluding carboxylic acids is 2. The molecular weight excluding hydrogens is 376 g/mol. The minimum atomic E-state index is -3.39. The lowest BCUT2D eigenvalue weighted by Gasteiger charge is -2.09. The van der Waals surface area contributed by atoms with Crippen molar-refractivity contribution in [2.45, 2.75) is 18.1 Å². The van der Waals surface area contributed by atoms with Gasteiger partial charge < -0.3 is 4.74 Å². The van der Waals surface area contributed by atoms with Crippen LogP contribution in [0.3, 0.4) is 0 Å². The van der Waals surface area contributed by atoms with E-state index < -0.39 is 21.7 Å². The molecule has 0 fully saturated rings. The number of halogens is 1. The van der Waals surface area contributed by atoms with Gasteiger partial charge in [-0.05, 0) is 12.1 Å². The van der Waals surface area contributed by atoms with Crippen LogP contribution in [0.15, 0.2) is 28.6 Å². The third-order valence-electron chi connectivity index (χ3n) is 2.85. The maximum absolute atomic E-state index is 12.4. The Morgan fingerprint density at radius 1 is 1.38 bits per heavy atom. The highest BCUT2D eigenvalue weighted by atomic mass is 35.5. The number of benzene rings is 1. The smallest absolute Gasteiger partial charge is 0.308 e. The Morgan fingerprint density at radius 2 is 2.08 bits per heavy atom. The van der Waals surface area contributed by atoms with E-state index in [4.69, 9.17) is 16.3 Å². The number of ether oxygens (including phenoxy) is 1. The number of hydrogen-bond acceptors (Lipinski definition) is 7. The van der Waals surface area contributed by atoms with Gasteiger partial charge in [-0.1, -0.05) is 35.9 Å². The number of aromatic nitrogens is 1. The minimum Gasteiger partial charge on any atom is -0.424 e. The number of amides is 1. The summed E-state index contributed by atoms with van der Waals surface area (Å²) in [6.45, 7) is 2.71. The molecular formula is C14H13ClN2O5S2. The monoisotopic (exact) mass is 388 g/mol. The summed E-state index contributed by atoms with van der Waals surface area (Å²) in [6.07, 6.45) is 1.18. The molecule has 1 aromatic heterocycles. The summed E-state index contributed by atoms with van der Waals surface area (Å²) in [5, 5.41) is 2.68. The number of para-hydroxylation sites is 1. The van der Waals surface area contributed by atoms with Gasteiger partial charge >= 0.3 is 5.97 Å². The van der Waals surface area contributed by atoms with Crippen LogP contribution < -0.4 is 10.1 Å². The summed E-state index contributed by atoms with van der Waals surface area (Å²) in [6, 6.07) is 4.43.